The van der Waals surface area contributed by atoms with Crippen LogP contribution in [0.25, 0.3) is 22.2 Å². The number of fused-ring (bicyclic) bond motifs is 1. The Morgan fingerprint density at radius 3 is 1.85 bits per heavy atom. The van der Waals surface area contributed by atoms with Crippen LogP contribution in [0.5, 0.6) is 28.7 Å². The van der Waals surface area contributed by atoms with Crippen LogP contribution < -0.4 is 18.9 Å². The monoisotopic (exact) mass is 355 g/mol. The van der Waals surface area contributed by atoms with Crippen molar-refractivity contribution in [3.8, 4) is 40.0 Å². The normalized spacial score (nSPS) is 10.7. The largest absolute Gasteiger partial charge is 0.502 e. The van der Waals surface area contributed by atoms with Crippen LogP contribution in [0.15, 0.2) is 30.3 Å². The van der Waals surface area contributed by atoms with Crippen molar-refractivity contribution >= 4 is 10.9 Å². The second-order valence-electron chi connectivity index (χ2n) is 5.75. The second kappa shape index (κ2) is 7.00. The SMILES string of the molecule is COc1cc(-c2cc(C)c3c(OC)ccc(OC)c3n2)cc(OC)c1O. The van der Waals surface area contributed by atoms with E-state index in [9.17, 15) is 5.11 Å². The number of ether oxygens (including phenoxy) is 4. The number of hydrogen-bond acceptors (Lipinski definition) is 6. The van der Waals surface area contributed by atoms with Gasteiger partial charge in [-0.25, -0.2) is 4.98 Å². The van der Waals surface area contributed by atoms with Crippen molar-refractivity contribution in [3.63, 3.8) is 0 Å². The lowest BCUT2D eigenvalue weighted by Crippen LogP contribution is -1.96. The number of phenols is 1. The van der Waals surface area contributed by atoms with Crippen molar-refractivity contribution in [1.82, 2.24) is 4.98 Å². The fourth-order valence-electron chi connectivity index (χ4n) is 3.00. The van der Waals surface area contributed by atoms with Crippen molar-refractivity contribution < 1.29 is 24.1 Å². The van der Waals surface area contributed by atoms with Crippen LogP contribution in [0.2, 0.25) is 0 Å². The number of nitrogens with zero attached hydrogens (tertiary/aromatic N) is 1. The quantitative estimate of drug-likeness (QED) is 0.747. The number of pyridine rings is 1. The molecule has 0 fully saturated rings. The van der Waals surface area contributed by atoms with Gasteiger partial charge < -0.3 is 24.1 Å². The minimum atomic E-state index is -0.0458. The fraction of sp³-hybridized carbons (Fsp3) is 0.250. The van der Waals surface area contributed by atoms with E-state index < -0.39 is 0 Å². The molecule has 2 aromatic carbocycles. The molecule has 0 amide bonds. The van der Waals surface area contributed by atoms with Gasteiger partial charge in [0, 0.05) is 10.9 Å². The fourth-order valence-corrected chi connectivity index (χ4v) is 3.00. The molecule has 0 aliphatic carbocycles. The number of aromatic nitrogens is 1. The molecule has 0 aliphatic rings. The zero-order valence-electron chi connectivity index (χ0n) is 15.4. The van der Waals surface area contributed by atoms with Crippen molar-refractivity contribution in [3.05, 3.63) is 35.9 Å². The van der Waals surface area contributed by atoms with Crippen LogP contribution in [-0.4, -0.2) is 38.5 Å². The third kappa shape index (κ3) is 2.83. The maximum atomic E-state index is 10.1. The molecule has 0 aliphatic heterocycles. The Morgan fingerprint density at radius 2 is 1.31 bits per heavy atom. The van der Waals surface area contributed by atoms with E-state index >= 15 is 0 Å². The number of rotatable bonds is 5. The molecule has 6 heteroatoms. The first-order chi connectivity index (χ1) is 12.5. The van der Waals surface area contributed by atoms with E-state index in [2.05, 4.69) is 0 Å². The highest BCUT2D eigenvalue weighted by atomic mass is 16.5. The zero-order valence-corrected chi connectivity index (χ0v) is 15.4. The lowest BCUT2D eigenvalue weighted by molar-refractivity contribution is 0.340. The first-order valence-electron chi connectivity index (χ1n) is 8.01. The maximum Gasteiger partial charge on any atom is 0.200 e. The molecule has 0 spiro atoms. The molecule has 1 aromatic heterocycles. The van der Waals surface area contributed by atoms with E-state index in [1.807, 2.05) is 25.1 Å². The average Bonchev–Trinajstić information content (AvgIpc) is 2.67. The highest BCUT2D eigenvalue weighted by Gasteiger charge is 2.17. The summed E-state index contributed by atoms with van der Waals surface area (Å²) in [4.78, 5) is 4.77. The molecule has 0 bridgehead atoms. The van der Waals surface area contributed by atoms with Gasteiger partial charge in [0.25, 0.3) is 0 Å². The standard InChI is InChI=1S/C20H21NO5/c1-11-8-13(12-9-16(25-4)20(22)17(10-12)26-5)21-19-15(24-3)7-6-14(23-2)18(11)19/h6-10,22H,1-5H3. The Labute approximate surface area is 151 Å². The number of phenolic OH excluding ortho intramolecular Hbond substituents is 1. The first-order valence-corrected chi connectivity index (χ1v) is 8.01. The van der Waals surface area contributed by atoms with Gasteiger partial charge in [0.15, 0.2) is 11.5 Å². The molecule has 1 heterocycles. The molecule has 3 rings (SSSR count). The summed E-state index contributed by atoms with van der Waals surface area (Å²) in [7, 11) is 6.22. The Balaban J connectivity index is 2.30. The van der Waals surface area contributed by atoms with Gasteiger partial charge in [-0.3, -0.25) is 0 Å². The summed E-state index contributed by atoms with van der Waals surface area (Å²) in [5.74, 6) is 1.98. The predicted octanol–water partition coefficient (Wildman–Crippen LogP) is 3.95. The lowest BCUT2D eigenvalue weighted by Gasteiger charge is -2.15. The Morgan fingerprint density at radius 1 is 0.769 bits per heavy atom. The second-order valence-corrected chi connectivity index (χ2v) is 5.75. The predicted molar refractivity (Wildman–Crippen MR) is 99.8 cm³/mol. The topological polar surface area (TPSA) is 70.0 Å². The number of aromatic hydroxyl groups is 1. The van der Waals surface area contributed by atoms with E-state index in [1.165, 1.54) is 14.2 Å². The lowest BCUT2D eigenvalue weighted by atomic mass is 10.0. The van der Waals surface area contributed by atoms with E-state index in [-0.39, 0.29) is 5.75 Å². The van der Waals surface area contributed by atoms with Crippen LogP contribution in [0.4, 0.5) is 0 Å². The molecule has 6 nitrogen and oxygen atoms in total. The third-order valence-corrected chi connectivity index (χ3v) is 4.30. The number of methoxy groups -OCH3 is 4. The van der Waals surface area contributed by atoms with Crippen molar-refractivity contribution in [2.24, 2.45) is 0 Å². The van der Waals surface area contributed by atoms with E-state index in [0.717, 1.165) is 22.3 Å². The molecule has 26 heavy (non-hydrogen) atoms. The molecule has 0 saturated heterocycles. The van der Waals surface area contributed by atoms with E-state index in [4.69, 9.17) is 23.9 Å². The maximum absolute atomic E-state index is 10.1. The first kappa shape index (κ1) is 17.7. The molecule has 0 radical (unpaired) electrons. The highest BCUT2D eigenvalue weighted by molar-refractivity contribution is 5.94. The molecule has 0 unspecified atom stereocenters. The third-order valence-electron chi connectivity index (χ3n) is 4.30. The number of benzene rings is 2. The van der Waals surface area contributed by atoms with Gasteiger partial charge in [-0.05, 0) is 42.8 Å². The smallest absolute Gasteiger partial charge is 0.200 e. The average molecular weight is 355 g/mol. The van der Waals surface area contributed by atoms with Crippen LogP contribution >= 0.6 is 0 Å². The Kier molecular flexibility index (Phi) is 4.75. The molecule has 0 saturated carbocycles. The van der Waals surface area contributed by atoms with Crippen molar-refractivity contribution in [2.45, 2.75) is 6.92 Å². The summed E-state index contributed by atoms with van der Waals surface area (Å²) in [6.45, 7) is 1.99. The number of aryl methyl sites for hydroxylation is 1. The van der Waals surface area contributed by atoms with Crippen LogP contribution in [0.3, 0.4) is 0 Å². The van der Waals surface area contributed by atoms with Crippen LogP contribution in [0, 0.1) is 6.92 Å². The Bertz CT molecular complexity index is 943. The van der Waals surface area contributed by atoms with Gasteiger partial charge in [-0.2, -0.15) is 0 Å². The summed E-state index contributed by atoms with van der Waals surface area (Å²) in [6, 6.07) is 9.09. The number of hydrogen-bond donors (Lipinski definition) is 1. The summed E-state index contributed by atoms with van der Waals surface area (Å²) >= 11 is 0. The molecule has 3 aromatic rings. The molecule has 1 N–H and O–H groups in total. The minimum Gasteiger partial charge on any atom is -0.502 e. The minimum absolute atomic E-state index is 0.0458. The van der Waals surface area contributed by atoms with Gasteiger partial charge >= 0.3 is 0 Å². The summed E-state index contributed by atoms with van der Waals surface area (Å²) in [6.07, 6.45) is 0. The Hall–Kier alpha value is -3.15. The highest BCUT2D eigenvalue weighted by Crippen LogP contribution is 2.41. The van der Waals surface area contributed by atoms with Crippen LogP contribution in [0.1, 0.15) is 5.56 Å². The molecule has 0 atom stereocenters. The van der Waals surface area contributed by atoms with Gasteiger partial charge in [0.05, 0.1) is 34.1 Å². The van der Waals surface area contributed by atoms with Crippen molar-refractivity contribution in [1.29, 1.82) is 0 Å². The van der Waals surface area contributed by atoms with E-state index in [0.29, 0.717) is 28.5 Å². The zero-order chi connectivity index (χ0) is 18.8. The van der Waals surface area contributed by atoms with Crippen molar-refractivity contribution in [2.75, 3.05) is 28.4 Å². The van der Waals surface area contributed by atoms with Gasteiger partial charge in [0.2, 0.25) is 5.75 Å². The van der Waals surface area contributed by atoms with Gasteiger partial charge in [-0.1, -0.05) is 0 Å². The van der Waals surface area contributed by atoms with Crippen LogP contribution in [-0.2, 0) is 0 Å². The molecular formula is C20H21NO5. The van der Waals surface area contributed by atoms with Gasteiger partial charge in [0.1, 0.15) is 17.0 Å². The summed E-state index contributed by atoms with van der Waals surface area (Å²) in [5.41, 5.74) is 3.16. The van der Waals surface area contributed by atoms with E-state index in [1.54, 1.807) is 26.4 Å². The summed E-state index contributed by atoms with van der Waals surface area (Å²) < 4.78 is 21.4. The van der Waals surface area contributed by atoms with Gasteiger partial charge in [-0.15, -0.1) is 0 Å². The molecular weight excluding hydrogens is 334 g/mol. The summed E-state index contributed by atoms with van der Waals surface area (Å²) in [5, 5.41) is 11.0. The molecule has 136 valence electrons.